The Balaban J connectivity index is 1.40. The van der Waals surface area contributed by atoms with E-state index in [0.29, 0.717) is 0 Å². The molecule has 0 bridgehead atoms. The van der Waals surface area contributed by atoms with Gasteiger partial charge >= 0.3 is 6.03 Å². The predicted octanol–water partition coefficient (Wildman–Crippen LogP) is 5.52. The van der Waals surface area contributed by atoms with Crippen molar-refractivity contribution in [3.05, 3.63) is 54.6 Å². The highest BCUT2D eigenvalue weighted by atomic mass is 16.2. The van der Waals surface area contributed by atoms with E-state index in [1.54, 1.807) is 0 Å². The van der Waals surface area contributed by atoms with Crippen LogP contribution < -0.4 is 16.0 Å². The molecule has 4 heteroatoms. The molecular formula is C21H27N3O. The maximum absolute atomic E-state index is 12.0. The van der Waals surface area contributed by atoms with E-state index in [1.165, 1.54) is 32.1 Å². The van der Waals surface area contributed by atoms with Gasteiger partial charge in [0.2, 0.25) is 0 Å². The van der Waals surface area contributed by atoms with E-state index in [1.807, 2.05) is 54.6 Å². The molecule has 0 heterocycles. The van der Waals surface area contributed by atoms with Crippen LogP contribution in [0.1, 0.15) is 38.5 Å². The largest absolute Gasteiger partial charge is 0.356 e. The highest BCUT2D eigenvalue weighted by Crippen LogP contribution is 2.25. The van der Waals surface area contributed by atoms with Gasteiger partial charge in [0.15, 0.2) is 0 Å². The topological polar surface area (TPSA) is 53.2 Å². The third-order valence-electron chi connectivity index (χ3n) is 4.77. The molecule has 3 N–H and O–H groups in total. The van der Waals surface area contributed by atoms with Crippen LogP contribution in [0, 0.1) is 5.92 Å². The van der Waals surface area contributed by atoms with Crippen molar-refractivity contribution in [1.82, 2.24) is 5.32 Å². The van der Waals surface area contributed by atoms with Crippen molar-refractivity contribution >= 4 is 23.1 Å². The van der Waals surface area contributed by atoms with Gasteiger partial charge in [-0.15, -0.1) is 0 Å². The van der Waals surface area contributed by atoms with Gasteiger partial charge in [-0.3, -0.25) is 0 Å². The number of hydrogen-bond acceptors (Lipinski definition) is 2. The Kier molecular flexibility index (Phi) is 6.32. The Morgan fingerprint density at radius 2 is 1.48 bits per heavy atom. The summed E-state index contributed by atoms with van der Waals surface area (Å²) < 4.78 is 0. The summed E-state index contributed by atoms with van der Waals surface area (Å²) in [6.45, 7) is 0.754. The number of benzene rings is 2. The standard InChI is InChI=1S/C21H27N3O/c25-21(22-16-15-17-7-3-1-4-8-17)24-20-13-11-19(12-14-20)23-18-9-5-2-6-10-18/h2,5-6,9-14,17,23H,1,3-4,7-8,15-16H2,(H2,22,24,25). The average molecular weight is 337 g/mol. The summed E-state index contributed by atoms with van der Waals surface area (Å²) in [4.78, 5) is 12.0. The monoisotopic (exact) mass is 337 g/mol. The lowest BCUT2D eigenvalue weighted by molar-refractivity contribution is 0.250. The van der Waals surface area contributed by atoms with E-state index in [0.717, 1.165) is 35.9 Å². The molecular weight excluding hydrogens is 310 g/mol. The van der Waals surface area contributed by atoms with E-state index >= 15 is 0 Å². The van der Waals surface area contributed by atoms with Crippen molar-refractivity contribution in [3.8, 4) is 0 Å². The molecule has 2 aromatic rings. The van der Waals surface area contributed by atoms with Crippen LogP contribution in [0.3, 0.4) is 0 Å². The zero-order valence-corrected chi connectivity index (χ0v) is 14.6. The van der Waals surface area contributed by atoms with E-state index in [4.69, 9.17) is 0 Å². The summed E-state index contributed by atoms with van der Waals surface area (Å²) in [7, 11) is 0. The number of nitrogens with one attached hydrogen (secondary N) is 3. The zero-order chi connectivity index (χ0) is 17.3. The molecule has 0 spiro atoms. The molecule has 1 fully saturated rings. The van der Waals surface area contributed by atoms with Crippen molar-refractivity contribution in [2.24, 2.45) is 5.92 Å². The maximum atomic E-state index is 12.0. The van der Waals surface area contributed by atoms with Crippen molar-refractivity contribution in [1.29, 1.82) is 0 Å². The van der Waals surface area contributed by atoms with Gasteiger partial charge in [-0.2, -0.15) is 0 Å². The lowest BCUT2D eigenvalue weighted by Crippen LogP contribution is -2.30. The first-order chi connectivity index (χ1) is 12.3. The van der Waals surface area contributed by atoms with Crippen LogP contribution in [0.25, 0.3) is 0 Å². The molecule has 0 unspecified atom stereocenters. The van der Waals surface area contributed by atoms with Gasteiger partial charge in [-0.1, -0.05) is 50.3 Å². The summed E-state index contributed by atoms with van der Waals surface area (Å²) >= 11 is 0. The van der Waals surface area contributed by atoms with Gasteiger partial charge in [0.1, 0.15) is 0 Å². The minimum absolute atomic E-state index is 0.125. The number of para-hydroxylation sites is 1. The minimum atomic E-state index is -0.125. The molecule has 0 saturated heterocycles. The number of carbonyl (C=O) groups is 1. The molecule has 3 rings (SSSR count). The number of rotatable bonds is 6. The molecule has 132 valence electrons. The predicted molar refractivity (Wildman–Crippen MR) is 104 cm³/mol. The van der Waals surface area contributed by atoms with E-state index in [-0.39, 0.29) is 6.03 Å². The van der Waals surface area contributed by atoms with Gasteiger partial charge in [0.25, 0.3) is 0 Å². The van der Waals surface area contributed by atoms with Crippen LogP contribution in [0.5, 0.6) is 0 Å². The summed E-state index contributed by atoms with van der Waals surface area (Å²) in [6.07, 6.45) is 7.80. The van der Waals surface area contributed by atoms with Crippen LogP contribution in [-0.2, 0) is 0 Å². The second-order valence-corrected chi connectivity index (χ2v) is 6.74. The van der Waals surface area contributed by atoms with E-state index in [9.17, 15) is 4.79 Å². The molecule has 2 amide bonds. The smallest absolute Gasteiger partial charge is 0.319 e. The summed E-state index contributed by atoms with van der Waals surface area (Å²) in [5.41, 5.74) is 2.84. The lowest BCUT2D eigenvalue weighted by atomic mass is 9.87. The summed E-state index contributed by atoms with van der Waals surface area (Å²) in [6, 6.07) is 17.6. The van der Waals surface area contributed by atoms with Gasteiger partial charge in [0, 0.05) is 23.6 Å². The Morgan fingerprint density at radius 3 is 2.20 bits per heavy atom. The molecule has 4 nitrogen and oxygen atoms in total. The first kappa shape index (κ1) is 17.3. The van der Waals surface area contributed by atoms with Crippen LogP contribution in [-0.4, -0.2) is 12.6 Å². The molecule has 25 heavy (non-hydrogen) atoms. The van der Waals surface area contributed by atoms with Crippen LogP contribution >= 0.6 is 0 Å². The van der Waals surface area contributed by atoms with E-state index < -0.39 is 0 Å². The molecule has 1 aliphatic rings. The van der Waals surface area contributed by atoms with Crippen molar-refractivity contribution in [2.45, 2.75) is 38.5 Å². The second kappa shape index (κ2) is 9.11. The van der Waals surface area contributed by atoms with Crippen LogP contribution in [0.2, 0.25) is 0 Å². The minimum Gasteiger partial charge on any atom is -0.356 e. The Morgan fingerprint density at radius 1 is 0.840 bits per heavy atom. The molecule has 0 aliphatic heterocycles. The molecule has 2 aromatic carbocycles. The first-order valence-corrected chi connectivity index (χ1v) is 9.26. The number of hydrogen-bond donors (Lipinski definition) is 3. The third kappa shape index (κ3) is 5.82. The van der Waals surface area contributed by atoms with Crippen molar-refractivity contribution in [2.75, 3.05) is 17.2 Å². The van der Waals surface area contributed by atoms with Gasteiger partial charge < -0.3 is 16.0 Å². The Bertz CT molecular complexity index is 649. The summed E-state index contributed by atoms with van der Waals surface area (Å²) in [5, 5.41) is 9.19. The number of amides is 2. The third-order valence-corrected chi connectivity index (χ3v) is 4.77. The van der Waals surface area contributed by atoms with Crippen LogP contribution in [0.15, 0.2) is 54.6 Å². The fourth-order valence-corrected chi connectivity index (χ4v) is 3.37. The molecule has 0 radical (unpaired) electrons. The van der Waals surface area contributed by atoms with Gasteiger partial charge in [-0.05, 0) is 48.7 Å². The highest BCUT2D eigenvalue weighted by molar-refractivity contribution is 5.89. The van der Waals surface area contributed by atoms with Crippen molar-refractivity contribution < 1.29 is 4.79 Å². The van der Waals surface area contributed by atoms with Gasteiger partial charge in [0.05, 0.1) is 0 Å². The number of anilines is 3. The first-order valence-electron chi connectivity index (χ1n) is 9.26. The highest BCUT2D eigenvalue weighted by Gasteiger charge is 2.13. The fourth-order valence-electron chi connectivity index (χ4n) is 3.37. The van der Waals surface area contributed by atoms with Crippen LogP contribution in [0.4, 0.5) is 21.9 Å². The Labute approximate surface area is 150 Å². The fraction of sp³-hybridized carbons (Fsp3) is 0.381. The molecule has 1 aliphatic carbocycles. The zero-order valence-electron chi connectivity index (χ0n) is 14.6. The molecule has 0 atom stereocenters. The van der Waals surface area contributed by atoms with Gasteiger partial charge in [-0.25, -0.2) is 4.79 Å². The Hall–Kier alpha value is -2.49. The number of carbonyl (C=O) groups excluding carboxylic acids is 1. The lowest BCUT2D eigenvalue weighted by Gasteiger charge is -2.21. The quantitative estimate of drug-likeness (QED) is 0.650. The molecule has 1 saturated carbocycles. The molecule has 0 aromatic heterocycles. The summed E-state index contributed by atoms with van der Waals surface area (Å²) in [5.74, 6) is 0.789. The number of urea groups is 1. The normalized spacial score (nSPS) is 14.7. The van der Waals surface area contributed by atoms with Crippen molar-refractivity contribution in [3.63, 3.8) is 0 Å². The maximum Gasteiger partial charge on any atom is 0.319 e. The SMILES string of the molecule is O=C(NCCC1CCCCC1)Nc1ccc(Nc2ccccc2)cc1. The van der Waals surface area contributed by atoms with E-state index in [2.05, 4.69) is 16.0 Å². The average Bonchev–Trinajstić information content (AvgIpc) is 2.65. The second-order valence-electron chi connectivity index (χ2n) is 6.74.